The van der Waals surface area contributed by atoms with Crippen molar-refractivity contribution in [1.82, 2.24) is 5.32 Å². The standard InChI is InChI=1S/C11H25NO2S/c1-5-12-9-7-6-8-10-15(13,14)11(2,3)4/h12H,5-10H2,1-4H3. The first-order chi connectivity index (χ1) is 6.81. The van der Waals surface area contributed by atoms with Crippen molar-refractivity contribution >= 4 is 9.84 Å². The largest absolute Gasteiger partial charge is 0.317 e. The second kappa shape index (κ2) is 6.48. The molecular formula is C11H25NO2S. The van der Waals surface area contributed by atoms with Crippen molar-refractivity contribution < 1.29 is 8.42 Å². The van der Waals surface area contributed by atoms with E-state index in [4.69, 9.17) is 0 Å². The third-order valence-corrected chi connectivity index (χ3v) is 5.14. The van der Waals surface area contributed by atoms with Gasteiger partial charge in [0, 0.05) is 0 Å². The molecular weight excluding hydrogens is 210 g/mol. The van der Waals surface area contributed by atoms with E-state index in [0.29, 0.717) is 5.75 Å². The van der Waals surface area contributed by atoms with Gasteiger partial charge in [-0.25, -0.2) is 8.42 Å². The summed E-state index contributed by atoms with van der Waals surface area (Å²) < 4.78 is 22.8. The Morgan fingerprint density at radius 3 is 2.13 bits per heavy atom. The van der Waals surface area contributed by atoms with Gasteiger partial charge in [0.15, 0.2) is 9.84 Å². The van der Waals surface area contributed by atoms with Crippen molar-refractivity contribution in [2.75, 3.05) is 18.8 Å². The smallest absolute Gasteiger partial charge is 0.155 e. The molecule has 0 aromatic heterocycles. The Labute approximate surface area is 94.6 Å². The SMILES string of the molecule is CCNCCCCCS(=O)(=O)C(C)(C)C. The maximum Gasteiger partial charge on any atom is 0.155 e. The van der Waals surface area contributed by atoms with Crippen molar-refractivity contribution in [3.8, 4) is 0 Å². The minimum absolute atomic E-state index is 0.322. The molecule has 0 aliphatic rings. The second-order valence-electron chi connectivity index (χ2n) is 4.85. The lowest BCUT2D eigenvalue weighted by Crippen LogP contribution is -2.30. The molecule has 0 heterocycles. The van der Waals surface area contributed by atoms with Gasteiger partial charge in [-0.15, -0.1) is 0 Å². The molecule has 15 heavy (non-hydrogen) atoms. The first-order valence-corrected chi connectivity index (χ1v) is 7.39. The molecule has 0 bridgehead atoms. The zero-order valence-corrected chi connectivity index (χ0v) is 11.3. The van der Waals surface area contributed by atoms with E-state index >= 15 is 0 Å². The summed E-state index contributed by atoms with van der Waals surface area (Å²) in [5.41, 5.74) is 0. The maximum atomic E-state index is 11.7. The Bertz CT molecular complexity index is 252. The van der Waals surface area contributed by atoms with Crippen molar-refractivity contribution in [1.29, 1.82) is 0 Å². The summed E-state index contributed by atoms with van der Waals surface area (Å²) in [5.74, 6) is 0.322. The molecule has 3 nitrogen and oxygen atoms in total. The van der Waals surface area contributed by atoms with Crippen LogP contribution in [0.1, 0.15) is 47.0 Å². The van der Waals surface area contributed by atoms with Crippen LogP contribution in [0, 0.1) is 0 Å². The lowest BCUT2D eigenvalue weighted by molar-refractivity contribution is 0.553. The normalized spacial score (nSPS) is 13.1. The average molecular weight is 235 g/mol. The van der Waals surface area contributed by atoms with Gasteiger partial charge in [-0.1, -0.05) is 13.3 Å². The van der Waals surface area contributed by atoms with Crippen molar-refractivity contribution in [2.24, 2.45) is 0 Å². The quantitative estimate of drug-likeness (QED) is 0.686. The molecule has 0 aromatic rings. The van der Waals surface area contributed by atoms with Crippen molar-refractivity contribution in [3.63, 3.8) is 0 Å². The summed E-state index contributed by atoms with van der Waals surface area (Å²) in [5, 5.41) is 3.23. The summed E-state index contributed by atoms with van der Waals surface area (Å²) >= 11 is 0. The number of nitrogens with one attached hydrogen (secondary N) is 1. The third-order valence-electron chi connectivity index (χ3n) is 2.45. The van der Waals surface area contributed by atoms with Crippen LogP contribution in [-0.4, -0.2) is 32.0 Å². The molecule has 0 saturated heterocycles. The zero-order valence-electron chi connectivity index (χ0n) is 10.5. The first-order valence-electron chi connectivity index (χ1n) is 5.74. The Morgan fingerprint density at radius 1 is 1.07 bits per heavy atom. The lowest BCUT2D eigenvalue weighted by Gasteiger charge is -2.18. The van der Waals surface area contributed by atoms with Crippen LogP contribution in [0.15, 0.2) is 0 Å². The molecule has 0 amide bonds. The number of hydrogen-bond acceptors (Lipinski definition) is 3. The maximum absolute atomic E-state index is 11.7. The van der Waals surface area contributed by atoms with E-state index in [-0.39, 0.29) is 0 Å². The van der Waals surface area contributed by atoms with Crippen LogP contribution in [0.4, 0.5) is 0 Å². The van der Waals surface area contributed by atoms with E-state index in [1.165, 1.54) is 0 Å². The molecule has 0 radical (unpaired) electrons. The summed E-state index contributed by atoms with van der Waals surface area (Å²) in [4.78, 5) is 0. The van der Waals surface area contributed by atoms with Gasteiger partial charge in [-0.05, 0) is 46.7 Å². The number of sulfone groups is 1. The van der Waals surface area contributed by atoms with Gasteiger partial charge in [0.05, 0.1) is 10.5 Å². The number of unbranched alkanes of at least 4 members (excludes halogenated alkanes) is 2. The predicted molar refractivity (Wildman–Crippen MR) is 65.9 cm³/mol. The van der Waals surface area contributed by atoms with E-state index in [2.05, 4.69) is 12.2 Å². The highest BCUT2D eigenvalue weighted by molar-refractivity contribution is 7.92. The monoisotopic (exact) mass is 235 g/mol. The third kappa shape index (κ3) is 6.15. The molecule has 0 fully saturated rings. The number of rotatable bonds is 7. The minimum Gasteiger partial charge on any atom is -0.317 e. The highest BCUT2D eigenvalue weighted by Crippen LogP contribution is 2.17. The van der Waals surface area contributed by atoms with Gasteiger partial charge in [0.1, 0.15) is 0 Å². The van der Waals surface area contributed by atoms with E-state index in [1.807, 2.05) is 0 Å². The fourth-order valence-electron chi connectivity index (χ4n) is 1.20. The fraction of sp³-hybridized carbons (Fsp3) is 1.00. The van der Waals surface area contributed by atoms with Gasteiger partial charge in [0.25, 0.3) is 0 Å². The fourth-order valence-corrected chi connectivity index (χ4v) is 2.40. The summed E-state index contributed by atoms with van der Waals surface area (Å²) in [6.45, 7) is 9.35. The Balaban J connectivity index is 3.69. The molecule has 0 spiro atoms. The molecule has 0 atom stereocenters. The summed E-state index contributed by atoms with van der Waals surface area (Å²) in [6, 6.07) is 0. The molecule has 0 aliphatic carbocycles. The van der Waals surface area contributed by atoms with Crippen LogP contribution < -0.4 is 5.32 Å². The van der Waals surface area contributed by atoms with Crippen LogP contribution in [0.5, 0.6) is 0 Å². The van der Waals surface area contributed by atoms with Crippen molar-refractivity contribution in [2.45, 2.75) is 51.7 Å². The van der Waals surface area contributed by atoms with Crippen molar-refractivity contribution in [3.05, 3.63) is 0 Å². The lowest BCUT2D eigenvalue weighted by atomic mass is 10.2. The Kier molecular flexibility index (Phi) is 6.44. The predicted octanol–water partition coefficient (Wildman–Crippen LogP) is 1.98. The average Bonchev–Trinajstić information content (AvgIpc) is 2.09. The first kappa shape index (κ1) is 14.9. The van der Waals surface area contributed by atoms with E-state index < -0.39 is 14.6 Å². The zero-order chi connectivity index (χ0) is 11.9. The molecule has 0 unspecified atom stereocenters. The van der Waals surface area contributed by atoms with E-state index in [1.54, 1.807) is 20.8 Å². The van der Waals surface area contributed by atoms with Gasteiger partial charge in [-0.2, -0.15) is 0 Å². The van der Waals surface area contributed by atoms with Crippen LogP contribution in [0.2, 0.25) is 0 Å². The molecule has 0 saturated carbocycles. The molecule has 4 heteroatoms. The Hall–Kier alpha value is -0.0900. The highest BCUT2D eigenvalue weighted by atomic mass is 32.2. The minimum atomic E-state index is -2.91. The molecule has 0 aromatic carbocycles. The van der Waals surface area contributed by atoms with Gasteiger partial charge in [-0.3, -0.25) is 0 Å². The van der Waals surface area contributed by atoms with Crippen LogP contribution in [0.3, 0.4) is 0 Å². The molecule has 0 rings (SSSR count). The second-order valence-corrected chi connectivity index (χ2v) is 7.71. The van der Waals surface area contributed by atoms with Crippen LogP contribution in [0.25, 0.3) is 0 Å². The highest BCUT2D eigenvalue weighted by Gasteiger charge is 2.27. The van der Waals surface area contributed by atoms with E-state index in [0.717, 1.165) is 32.4 Å². The van der Waals surface area contributed by atoms with Crippen LogP contribution >= 0.6 is 0 Å². The molecule has 92 valence electrons. The number of hydrogen-bond donors (Lipinski definition) is 1. The summed E-state index contributed by atoms with van der Waals surface area (Å²) in [7, 11) is -2.91. The van der Waals surface area contributed by atoms with Gasteiger partial charge in [0.2, 0.25) is 0 Å². The van der Waals surface area contributed by atoms with Gasteiger partial charge < -0.3 is 5.32 Å². The van der Waals surface area contributed by atoms with E-state index in [9.17, 15) is 8.42 Å². The molecule has 1 N–H and O–H groups in total. The molecule has 0 aliphatic heterocycles. The van der Waals surface area contributed by atoms with Crippen LogP contribution in [-0.2, 0) is 9.84 Å². The van der Waals surface area contributed by atoms with Gasteiger partial charge >= 0.3 is 0 Å². The summed E-state index contributed by atoms with van der Waals surface area (Å²) in [6.07, 6.45) is 2.83. The Morgan fingerprint density at radius 2 is 1.67 bits per heavy atom. The topological polar surface area (TPSA) is 46.2 Å².